The number of amides is 1. The third kappa shape index (κ3) is 4.85. The van der Waals surface area contributed by atoms with Crippen LogP contribution in [0.15, 0.2) is 29.2 Å². The summed E-state index contributed by atoms with van der Waals surface area (Å²) in [6, 6.07) is 6.06. The number of thiazole rings is 1. The van der Waals surface area contributed by atoms with E-state index in [-0.39, 0.29) is 10.8 Å². The van der Waals surface area contributed by atoms with Crippen LogP contribution in [0.2, 0.25) is 0 Å². The van der Waals surface area contributed by atoms with Gasteiger partial charge in [-0.1, -0.05) is 0 Å². The number of aromatic nitrogens is 1. The molecule has 1 amide bonds. The highest BCUT2D eigenvalue weighted by Gasteiger charge is 2.14. The lowest BCUT2D eigenvalue weighted by atomic mass is 10.3. The maximum atomic E-state index is 12.2. The topological polar surface area (TPSA) is 88.2 Å². The molecule has 23 heavy (non-hydrogen) atoms. The van der Waals surface area contributed by atoms with Gasteiger partial charge in [0.15, 0.2) is 0 Å². The Hall–Kier alpha value is -1.77. The van der Waals surface area contributed by atoms with Crippen molar-refractivity contribution < 1.29 is 13.2 Å². The smallest absolute Gasteiger partial charge is 0.240 e. The average molecular weight is 353 g/mol. The minimum Gasteiger partial charge on any atom is -0.326 e. The zero-order chi connectivity index (χ0) is 17.0. The molecule has 0 aliphatic carbocycles. The van der Waals surface area contributed by atoms with Crippen molar-refractivity contribution in [3.63, 3.8) is 0 Å². The van der Waals surface area contributed by atoms with E-state index >= 15 is 0 Å². The van der Waals surface area contributed by atoms with Crippen LogP contribution in [0.4, 0.5) is 5.69 Å². The Labute approximate surface area is 140 Å². The van der Waals surface area contributed by atoms with E-state index in [0.717, 1.165) is 15.6 Å². The Balaban J connectivity index is 1.98. The van der Waals surface area contributed by atoms with Gasteiger partial charge in [0, 0.05) is 24.0 Å². The SMILES string of the molecule is CC(=O)Nc1ccc(S(=O)(=O)NCCc2sc(C)nc2C)cc1. The van der Waals surface area contributed by atoms with Crippen molar-refractivity contribution >= 4 is 33.0 Å². The van der Waals surface area contributed by atoms with Gasteiger partial charge in [-0.3, -0.25) is 4.79 Å². The maximum absolute atomic E-state index is 12.2. The number of nitrogens with zero attached hydrogens (tertiary/aromatic N) is 1. The molecule has 0 saturated heterocycles. The number of anilines is 1. The molecule has 0 aliphatic heterocycles. The van der Waals surface area contributed by atoms with Gasteiger partial charge in [0.1, 0.15) is 0 Å². The molecule has 0 saturated carbocycles. The molecule has 0 bridgehead atoms. The third-order valence-corrected chi connectivity index (χ3v) is 5.74. The van der Waals surface area contributed by atoms with Gasteiger partial charge in [0.2, 0.25) is 15.9 Å². The van der Waals surface area contributed by atoms with Gasteiger partial charge in [0.05, 0.1) is 15.6 Å². The number of carbonyl (C=O) groups is 1. The molecule has 6 nitrogen and oxygen atoms in total. The molecule has 0 fully saturated rings. The monoisotopic (exact) mass is 353 g/mol. The summed E-state index contributed by atoms with van der Waals surface area (Å²) in [4.78, 5) is 16.5. The van der Waals surface area contributed by atoms with Crippen LogP contribution in [-0.2, 0) is 21.2 Å². The lowest BCUT2D eigenvalue weighted by Crippen LogP contribution is -2.26. The standard InChI is InChI=1S/C15H19N3O3S2/c1-10-15(22-12(3)17-10)8-9-16-23(20,21)14-6-4-13(5-7-14)18-11(2)19/h4-7,16H,8-9H2,1-3H3,(H,18,19). The maximum Gasteiger partial charge on any atom is 0.240 e. The van der Waals surface area contributed by atoms with E-state index in [1.165, 1.54) is 19.1 Å². The first-order valence-corrected chi connectivity index (χ1v) is 9.38. The molecule has 2 rings (SSSR count). The number of aryl methyl sites for hydroxylation is 2. The molecule has 0 atom stereocenters. The van der Waals surface area contributed by atoms with Gasteiger partial charge in [-0.15, -0.1) is 11.3 Å². The van der Waals surface area contributed by atoms with E-state index in [1.807, 2.05) is 13.8 Å². The van der Waals surface area contributed by atoms with Crippen LogP contribution in [-0.4, -0.2) is 25.9 Å². The Bertz CT molecular complexity index is 796. The van der Waals surface area contributed by atoms with Gasteiger partial charge in [-0.25, -0.2) is 18.1 Å². The molecule has 8 heteroatoms. The highest BCUT2D eigenvalue weighted by molar-refractivity contribution is 7.89. The quantitative estimate of drug-likeness (QED) is 0.834. The number of nitrogens with one attached hydrogen (secondary N) is 2. The second kappa shape index (κ2) is 7.20. The number of sulfonamides is 1. The van der Waals surface area contributed by atoms with E-state index in [1.54, 1.807) is 23.5 Å². The first-order valence-electron chi connectivity index (χ1n) is 7.08. The van der Waals surface area contributed by atoms with Crippen molar-refractivity contribution in [1.29, 1.82) is 0 Å². The molecule has 0 radical (unpaired) electrons. The van der Waals surface area contributed by atoms with Crippen molar-refractivity contribution in [1.82, 2.24) is 9.71 Å². The molecule has 124 valence electrons. The molecule has 2 aromatic rings. The van der Waals surface area contributed by atoms with E-state index in [9.17, 15) is 13.2 Å². The molecule has 2 N–H and O–H groups in total. The summed E-state index contributed by atoms with van der Waals surface area (Å²) in [6.07, 6.45) is 0.612. The van der Waals surface area contributed by atoms with Crippen molar-refractivity contribution in [2.24, 2.45) is 0 Å². The average Bonchev–Trinajstić information content (AvgIpc) is 2.77. The molecule has 0 aliphatic rings. The Morgan fingerprint density at radius 3 is 2.39 bits per heavy atom. The van der Waals surface area contributed by atoms with Gasteiger partial charge in [0.25, 0.3) is 0 Å². The summed E-state index contributed by atoms with van der Waals surface area (Å²) in [7, 11) is -3.56. The van der Waals surface area contributed by atoms with E-state index in [4.69, 9.17) is 0 Å². The Morgan fingerprint density at radius 2 is 1.87 bits per heavy atom. The van der Waals surface area contributed by atoms with Crippen LogP contribution < -0.4 is 10.0 Å². The van der Waals surface area contributed by atoms with Crippen molar-refractivity contribution in [3.05, 3.63) is 39.8 Å². The summed E-state index contributed by atoms with van der Waals surface area (Å²) in [6.45, 7) is 5.57. The number of rotatable bonds is 6. The summed E-state index contributed by atoms with van der Waals surface area (Å²) in [5.41, 5.74) is 1.51. The van der Waals surface area contributed by atoms with E-state index < -0.39 is 10.0 Å². The first-order chi connectivity index (χ1) is 10.8. The number of hydrogen-bond donors (Lipinski definition) is 2. The fourth-order valence-corrected chi connectivity index (χ4v) is 4.08. The summed E-state index contributed by atoms with van der Waals surface area (Å²) < 4.78 is 27.1. The largest absolute Gasteiger partial charge is 0.326 e. The highest BCUT2D eigenvalue weighted by atomic mass is 32.2. The van der Waals surface area contributed by atoms with Crippen LogP contribution in [0.25, 0.3) is 0 Å². The second-order valence-corrected chi connectivity index (χ2v) is 8.15. The highest BCUT2D eigenvalue weighted by Crippen LogP contribution is 2.18. The first kappa shape index (κ1) is 17.6. The van der Waals surface area contributed by atoms with Crippen molar-refractivity contribution in [2.75, 3.05) is 11.9 Å². The molecular weight excluding hydrogens is 334 g/mol. The molecule has 1 heterocycles. The minimum atomic E-state index is -3.56. The lowest BCUT2D eigenvalue weighted by Gasteiger charge is -2.07. The summed E-state index contributed by atoms with van der Waals surface area (Å²) in [5, 5.41) is 3.58. The summed E-state index contributed by atoms with van der Waals surface area (Å²) in [5.74, 6) is -0.200. The summed E-state index contributed by atoms with van der Waals surface area (Å²) >= 11 is 1.58. The van der Waals surface area contributed by atoms with Gasteiger partial charge >= 0.3 is 0 Å². The van der Waals surface area contributed by atoms with Gasteiger partial charge in [-0.05, 0) is 44.5 Å². The van der Waals surface area contributed by atoms with E-state index in [2.05, 4.69) is 15.0 Å². The van der Waals surface area contributed by atoms with Crippen molar-refractivity contribution in [3.8, 4) is 0 Å². The predicted molar refractivity (Wildman–Crippen MR) is 91.2 cm³/mol. The van der Waals surface area contributed by atoms with Crippen LogP contribution >= 0.6 is 11.3 Å². The number of carbonyl (C=O) groups excluding carboxylic acids is 1. The normalized spacial score (nSPS) is 11.4. The predicted octanol–water partition coefficient (Wildman–Crippen LogP) is 2.24. The van der Waals surface area contributed by atoms with Gasteiger partial charge < -0.3 is 5.32 Å². The van der Waals surface area contributed by atoms with Crippen LogP contribution in [0.5, 0.6) is 0 Å². The van der Waals surface area contributed by atoms with Crippen LogP contribution in [0.1, 0.15) is 22.5 Å². The molecule has 1 aromatic heterocycles. The molecule has 0 unspecified atom stereocenters. The molecule has 1 aromatic carbocycles. The minimum absolute atomic E-state index is 0.170. The van der Waals surface area contributed by atoms with Crippen molar-refractivity contribution in [2.45, 2.75) is 32.1 Å². The lowest BCUT2D eigenvalue weighted by molar-refractivity contribution is -0.114. The van der Waals surface area contributed by atoms with Crippen LogP contribution in [0.3, 0.4) is 0 Å². The van der Waals surface area contributed by atoms with E-state index in [0.29, 0.717) is 18.7 Å². The van der Waals surface area contributed by atoms with Gasteiger partial charge in [-0.2, -0.15) is 0 Å². The number of benzene rings is 1. The number of hydrogen-bond acceptors (Lipinski definition) is 5. The zero-order valence-corrected chi connectivity index (χ0v) is 14.8. The zero-order valence-electron chi connectivity index (χ0n) is 13.2. The fraction of sp³-hybridized carbons (Fsp3) is 0.333. The molecule has 0 spiro atoms. The Kier molecular flexibility index (Phi) is 5.51. The Morgan fingerprint density at radius 1 is 1.22 bits per heavy atom. The second-order valence-electron chi connectivity index (χ2n) is 5.09. The fourth-order valence-electron chi connectivity index (χ4n) is 2.11. The third-order valence-electron chi connectivity index (χ3n) is 3.13. The van der Waals surface area contributed by atoms with Crippen LogP contribution in [0, 0.1) is 13.8 Å². The molecular formula is C15H19N3O3S2.